The molecule has 1 saturated carbocycles. The molecule has 0 unspecified atom stereocenters. The van der Waals surface area contributed by atoms with Crippen LogP contribution in [0.2, 0.25) is 0 Å². The molecule has 0 aromatic heterocycles. The molecule has 0 amide bonds. The van der Waals surface area contributed by atoms with E-state index < -0.39 is 0 Å². The van der Waals surface area contributed by atoms with Crippen LogP contribution in [0.5, 0.6) is 0 Å². The van der Waals surface area contributed by atoms with Gasteiger partial charge in [-0.2, -0.15) is 0 Å². The maximum atomic E-state index is 10.3. The molecule has 0 aromatic rings. The maximum absolute atomic E-state index is 10.3. The van der Waals surface area contributed by atoms with Crippen LogP contribution in [0.4, 0.5) is 0 Å². The Bertz CT molecular complexity index is 267. The second kappa shape index (κ2) is 6.54. The van der Waals surface area contributed by atoms with Crippen LogP contribution in [0.15, 0.2) is 21.7 Å². The zero-order valence-electron chi connectivity index (χ0n) is 8.22. The van der Waals surface area contributed by atoms with Gasteiger partial charge in [0.25, 0.3) is 0 Å². The van der Waals surface area contributed by atoms with Gasteiger partial charge in [-0.05, 0) is 36.8 Å². The van der Waals surface area contributed by atoms with Gasteiger partial charge in [0.2, 0.25) is 0 Å². The number of rotatable bonds is 6. The van der Waals surface area contributed by atoms with Crippen molar-refractivity contribution in [2.45, 2.75) is 19.3 Å². The number of carbonyl (C=O) groups excluding carboxylic acids is 1. The molecule has 0 atom stereocenters. The van der Waals surface area contributed by atoms with E-state index >= 15 is 0 Å². The quantitative estimate of drug-likeness (QED) is 0.383. The number of hydrogen-bond acceptors (Lipinski definition) is 4. The van der Waals surface area contributed by atoms with Crippen LogP contribution in [-0.4, -0.2) is 24.5 Å². The standard InChI is InChI=1S/C10H14N2OS/c1-14-12-10(5-7-13)4-6-11-8-9-2-3-9/h4,6-9H,2-3,5H2,1H3/b6-4-,11-8?,12-10?. The summed E-state index contributed by atoms with van der Waals surface area (Å²) in [6.45, 7) is 0. The molecule has 0 aromatic carbocycles. The molecule has 4 heteroatoms. The Labute approximate surface area is 88.5 Å². The molecular weight excluding hydrogens is 196 g/mol. The fraction of sp³-hybridized carbons (Fsp3) is 0.500. The van der Waals surface area contributed by atoms with Crippen LogP contribution in [0, 0.1) is 5.92 Å². The summed E-state index contributed by atoms with van der Waals surface area (Å²) in [5.74, 6) is 0.687. The van der Waals surface area contributed by atoms with Crippen molar-refractivity contribution in [3.63, 3.8) is 0 Å². The highest BCUT2D eigenvalue weighted by Gasteiger charge is 2.17. The predicted octanol–water partition coefficient (Wildman–Crippen LogP) is 2.29. The van der Waals surface area contributed by atoms with Gasteiger partial charge in [-0.25, -0.2) is 4.40 Å². The number of hydrogen-bond donors (Lipinski definition) is 0. The monoisotopic (exact) mass is 210 g/mol. The summed E-state index contributed by atoms with van der Waals surface area (Å²) < 4.78 is 4.09. The summed E-state index contributed by atoms with van der Waals surface area (Å²) >= 11 is 1.35. The minimum atomic E-state index is 0.357. The number of allylic oxidation sites excluding steroid dienone is 1. The molecule has 0 aliphatic heterocycles. The van der Waals surface area contributed by atoms with E-state index in [2.05, 4.69) is 9.39 Å². The van der Waals surface area contributed by atoms with E-state index in [1.54, 1.807) is 12.3 Å². The molecule has 0 spiro atoms. The molecule has 1 aliphatic carbocycles. The van der Waals surface area contributed by atoms with Gasteiger partial charge >= 0.3 is 0 Å². The first-order valence-electron chi connectivity index (χ1n) is 4.60. The van der Waals surface area contributed by atoms with Crippen LogP contribution in [-0.2, 0) is 4.79 Å². The highest BCUT2D eigenvalue weighted by Crippen LogP contribution is 2.26. The van der Waals surface area contributed by atoms with E-state index in [0.717, 1.165) is 12.0 Å². The molecule has 1 rings (SSSR count). The van der Waals surface area contributed by atoms with Crippen LogP contribution in [0.25, 0.3) is 0 Å². The number of carbonyl (C=O) groups is 1. The molecule has 0 N–H and O–H groups in total. The Morgan fingerprint density at radius 1 is 1.57 bits per heavy atom. The minimum Gasteiger partial charge on any atom is -0.303 e. The molecule has 1 aliphatic rings. The summed E-state index contributed by atoms with van der Waals surface area (Å²) in [5.41, 5.74) is 0.764. The van der Waals surface area contributed by atoms with Crippen molar-refractivity contribution in [2.75, 3.05) is 6.26 Å². The molecule has 76 valence electrons. The van der Waals surface area contributed by atoms with Gasteiger partial charge < -0.3 is 4.79 Å². The molecule has 1 fully saturated rings. The Morgan fingerprint density at radius 2 is 2.36 bits per heavy atom. The largest absolute Gasteiger partial charge is 0.303 e. The second-order valence-corrected chi connectivity index (χ2v) is 3.64. The van der Waals surface area contributed by atoms with Crippen molar-refractivity contribution in [3.05, 3.63) is 12.3 Å². The lowest BCUT2D eigenvalue weighted by Gasteiger charge is -1.90. The Hall–Kier alpha value is -0.900. The lowest BCUT2D eigenvalue weighted by atomic mass is 10.3. The van der Waals surface area contributed by atoms with Crippen LogP contribution in [0.3, 0.4) is 0 Å². The third kappa shape index (κ3) is 4.97. The fourth-order valence-corrected chi connectivity index (χ4v) is 1.25. The van der Waals surface area contributed by atoms with Crippen molar-refractivity contribution < 1.29 is 4.79 Å². The van der Waals surface area contributed by atoms with Gasteiger partial charge in [0, 0.05) is 25.1 Å². The lowest BCUT2D eigenvalue weighted by Crippen LogP contribution is -1.92. The highest BCUT2D eigenvalue weighted by atomic mass is 32.2. The molecular formula is C10H14N2OS. The summed E-state index contributed by atoms with van der Waals surface area (Å²) in [4.78, 5) is 14.4. The summed E-state index contributed by atoms with van der Waals surface area (Å²) in [6.07, 6.45) is 11.0. The van der Waals surface area contributed by atoms with Gasteiger partial charge in [0.05, 0.1) is 5.71 Å². The Balaban J connectivity index is 2.36. The molecule has 0 saturated heterocycles. The molecule has 0 bridgehead atoms. The van der Waals surface area contributed by atoms with Crippen molar-refractivity contribution in [1.29, 1.82) is 0 Å². The zero-order chi connectivity index (χ0) is 10.2. The van der Waals surface area contributed by atoms with Gasteiger partial charge in [-0.15, -0.1) is 0 Å². The van der Waals surface area contributed by atoms with E-state index in [9.17, 15) is 4.79 Å². The molecule has 0 radical (unpaired) electrons. The van der Waals surface area contributed by atoms with Gasteiger partial charge in [0.1, 0.15) is 6.29 Å². The predicted molar refractivity (Wildman–Crippen MR) is 62.0 cm³/mol. The van der Waals surface area contributed by atoms with Crippen molar-refractivity contribution in [1.82, 2.24) is 0 Å². The van der Waals surface area contributed by atoms with E-state index in [4.69, 9.17) is 0 Å². The second-order valence-electron chi connectivity index (χ2n) is 3.09. The topological polar surface area (TPSA) is 41.8 Å². The first kappa shape index (κ1) is 11.2. The minimum absolute atomic E-state index is 0.357. The third-order valence-electron chi connectivity index (χ3n) is 1.77. The SMILES string of the molecule is CSN=C(/C=C\N=CC1CC1)CC=O. The first-order chi connectivity index (χ1) is 6.86. The molecule has 3 nitrogen and oxygen atoms in total. The number of nitrogens with zero attached hydrogens (tertiary/aromatic N) is 2. The maximum Gasteiger partial charge on any atom is 0.125 e. The van der Waals surface area contributed by atoms with E-state index in [1.165, 1.54) is 24.8 Å². The summed E-state index contributed by atoms with van der Waals surface area (Å²) in [5, 5.41) is 0. The van der Waals surface area contributed by atoms with E-state index in [0.29, 0.717) is 12.3 Å². The average Bonchev–Trinajstić information content (AvgIpc) is 2.96. The van der Waals surface area contributed by atoms with Gasteiger partial charge in [-0.3, -0.25) is 4.99 Å². The fourth-order valence-electron chi connectivity index (χ4n) is 0.884. The lowest BCUT2D eigenvalue weighted by molar-refractivity contribution is -0.106. The van der Waals surface area contributed by atoms with Gasteiger partial charge in [0.15, 0.2) is 0 Å². The Kier molecular flexibility index (Phi) is 5.22. The summed E-state index contributed by atoms with van der Waals surface area (Å²) in [7, 11) is 0. The van der Waals surface area contributed by atoms with Crippen LogP contribution < -0.4 is 0 Å². The van der Waals surface area contributed by atoms with Gasteiger partial charge in [-0.1, -0.05) is 0 Å². The normalized spacial score (nSPS) is 18.2. The third-order valence-corrected chi connectivity index (χ3v) is 2.19. The van der Waals surface area contributed by atoms with Crippen molar-refractivity contribution >= 4 is 30.2 Å². The van der Waals surface area contributed by atoms with Crippen molar-refractivity contribution in [3.8, 4) is 0 Å². The number of aliphatic imine (C=N–C) groups is 1. The Morgan fingerprint density at radius 3 is 2.93 bits per heavy atom. The summed E-state index contributed by atoms with van der Waals surface area (Å²) in [6, 6.07) is 0. The number of aldehydes is 1. The highest BCUT2D eigenvalue weighted by molar-refractivity contribution is 7.97. The van der Waals surface area contributed by atoms with Crippen LogP contribution in [0.1, 0.15) is 19.3 Å². The van der Waals surface area contributed by atoms with E-state index in [1.807, 2.05) is 12.5 Å². The smallest absolute Gasteiger partial charge is 0.125 e. The van der Waals surface area contributed by atoms with E-state index in [-0.39, 0.29) is 0 Å². The molecule has 14 heavy (non-hydrogen) atoms. The first-order valence-corrected chi connectivity index (χ1v) is 5.78. The molecule has 0 heterocycles. The van der Waals surface area contributed by atoms with Crippen molar-refractivity contribution in [2.24, 2.45) is 15.3 Å². The zero-order valence-corrected chi connectivity index (χ0v) is 9.04. The average molecular weight is 210 g/mol. The van der Waals surface area contributed by atoms with Crippen LogP contribution >= 0.6 is 11.9 Å².